The summed E-state index contributed by atoms with van der Waals surface area (Å²) in [5, 5.41) is 0. The lowest BCUT2D eigenvalue weighted by Gasteiger charge is -2.14. The molecular formula is C9H8INO. The summed E-state index contributed by atoms with van der Waals surface area (Å²) in [6, 6.07) is 3.79. The fraction of sp³-hybridized carbons (Fsp3) is 0.111. The maximum atomic E-state index is 5.75. The molecule has 62 valence electrons. The number of ether oxygens (including phenoxy) is 1. The summed E-state index contributed by atoms with van der Waals surface area (Å²) in [5.74, 6) is 0.927. The summed E-state index contributed by atoms with van der Waals surface area (Å²) >= 11 is 2.23. The van der Waals surface area contributed by atoms with Gasteiger partial charge in [-0.3, -0.25) is 0 Å². The number of nitrogens with two attached hydrogens (primary N) is 1. The van der Waals surface area contributed by atoms with Gasteiger partial charge in [0.05, 0.1) is 0 Å². The average Bonchev–Trinajstić information content (AvgIpc) is 2.12. The van der Waals surface area contributed by atoms with Crippen LogP contribution in [0, 0.1) is 3.57 Å². The number of rotatable bonds is 0. The molecule has 1 aromatic rings. The van der Waals surface area contributed by atoms with E-state index in [1.54, 1.807) is 0 Å². The minimum absolute atomic E-state index is 0.660. The largest absolute Gasteiger partial charge is 0.489 e. The third kappa shape index (κ3) is 1.18. The highest BCUT2D eigenvalue weighted by molar-refractivity contribution is 14.1. The van der Waals surface area contributed by atoms with Crippen molar-refractivity contribution in [2.45, 2.75) is 0 Å². The Bertz CT molecular complexity index is 347. The number of hydrogen-bond donors (Lipinski definition) is 1. The lowest BCUT2D eigenvalue weighted by atomic mass is 10.1. The first-order valence-corrected chi connectivity index (χ1v) is 4.74. The quantitative estimate of drug-likeness (QED) is 0.581. The Hall–Kier alpha value is -0.710. The van der Waals surface area contributed by atoms with Gasteiger partial charge in [0.15, 0.2) is 0 Å². The van der Waals surface area contributed by atoms with Crippen LogP contribution in [-0.2, 0) is 0 Å². The fourth-order valence-corrected chi connectivity index (χ4v) is 1.80. The standard InChI is InChI=1S/C9H8INO/c10-9-6-2-1-5-12-8(6)4-3-7(9)11/h1-4H,5,11H2. The molecule has 0 saturated heterocycles. The van der Waals surface area contributed by atoms with Crippen LogP contribution in [-0.4, -0.2) is 6.61 Å². The summed E-state index contributed by atoms with van der Waals surface area (Å²) in [6.45, 7) is 0.660. The minimum Gasteiger partial charge on any atom is -0.489 e. The van der Waals surface area contributed by atoms with Gasteiger partial charge in [0.2, 0.25) is 0 Å². The van der Waals surface area contributed by atoms with Gasteiger partial charge in [-0.05, 0) is 40.8 Å². The highest BCUT2D eigenvalue weighted by Gasteiger charge is 2.10. The lowest BCUT2D eigenvalue weighted by Crippen LogP contribution is -2.03. The molecule has 0 aliphatic carbocycles. The molecule has 0 unspecified atom stereocenters. The van der Waals surface area contributed by atoms with Crippen LogP contribution >= 0.6 is 22.6 Å². The van der Waals surface area contributed by atoms with Crippen molar-refractivity contribution in [3.05, 3.63) is 27.3 Å². The van der Waals surface area contributed by atoms with E-state index in [0.717, 1.165) is 20.6 Å². The van der Waals surface area contributed by atoms with Crippen molar-refractivity contribution >= 4 is 34.4 Å². The van der Waals surface area contributed by atoms with Crippen molar-refractivity contribution < 1.29 is 4.74 Å². The van der Waals surface area contributed by atoms with E-state index in [1.165, 1.54) is 0 Å². The Morgan fingerprint density at radius 2 is 2.25 bits per heavy atom. The Morgan fingerprint density at radius 3 is 3.08 bits per heavy atom. The van der Waals surface area contributed by atoms with Crippen LogP contribution in [0.1, 0.15) is 5.56 Å². The molecule has 0 aromatic heterocycles. The van der Waals surface area contributed by atoms with Gasteiger partial charge in [-0.1, -0.05) is 6.08 Å². The zero-order valence-corrected chi connectivity index (χ0v) is 8.54. The van der Waals surface area contributed by atoms with Crippen LogP contribution in [0.5, 0.6) is 5.75 Å². The molecule has 0 atom stereocenters. The first kappa shape index (κ1) is 7.91. The van der Waals surface area contributed by atoms with E-state index >= 15 is 0 Å². The van der Waals surface area contributed by atoms with Gasteiger partial charge in [0, 0.05) is 14.8 Å². The summed E-state index contributed by atoms with van der Waals surface area (Å²) < 4.78 is 6.48. The molecule has 2 rings (SSSR count). The minimum atomic E-state index is 0.660. The maximum absolute atomic E-state index is 5.75. The van der Waals surface area contributed by atoms with Crippen molar-refractivity contribution in [3.63, 3.8) is 0 Å². The van der Waals surface area contributed by atoms with Crippen molar-refractivity contribution in [1.82, 2.24) is 0 Å². The van der Waals surface area contributed by atoms with Crippen molar-refractivity contribution in [3.8, 4) is 5.75 Å². The fourth-order valence-electron chi connectivity index (χ4n) is 1.18. The third-order valence-corrected chi connectivity index (χ3v) is 2.99. The number of fused-ring (bicyclic) bond motifs is 1. The van der Waals surface area contributed by atoms with Crippen LogP contribution < -0.4 is 10.5 Å². The molecule has 0 radical (unpaired) electrons. The molecule has 0 fully saturated rings. The van der Waals surface area contributed by atoms with Crippen LogP contribution in [0.15, 0.2) is 18.2 Å². The normalized spacial score (nSPS) is 13.8. The van der Waals surface area contributed by atoms with E-state index < -0.39 is 0 Å². The van der Waals surface area contributed by atoms with E-state index in [2.05, 4.69) is 28.7 Å². The van der Waals surface area contributed by atoms with Gasteiger partial charge in [0.1, 0.15) is 12.4 Å². The predicted octanol–water partition coefficient (Wildman–Crippen LogP) is 2.28. The van der Waals surface area contributed by atoms with Gasteiger partial charge in [-0.25, -0.2) is 0 Å². The molecule has 1 heterocycles. The Morgan fingerprint density at radius 1 is 1.42 bits per heavy atom. The predicted molar refractivity (Wildman–Crippen MR) is 58.1 cm³/mol. The Balaban J connectivity index is 2.64. The molecule has 1 aliphatic rings. The summed E-state index contributed by atoms with van der Waals surface area (Å²) in [7, 11) is 0. The highest BCUT2D eigenvalue weighted by Crippen LogP contribution is 2.31. The number of benzene rings is 1. The maximum Gasteiger partial charge on any atom is 0.128 e. The van der Waals surface area contributed by atoms with Crippen LogP contribution in [0.25, 0.3) is 6.08 Å². The first-order chi connectivity index (χ1) is 5.79. The van der Waals surface area contributed by atoms with E-state index in [9.17, 15) is 0 Å². The summed E-state index contributed by atoms with van der Waals surface area (Å²) in [5.41, 5.74) is 7.66. The molecule has 12 heavy (non-hydrogen) atoms. The molecule has 3 heteroatoms. The molecular weight excluding hydrogens is 265 g/mol. The summed E-state index contributed by atoms with van der Waals surface area (Å²) in [6.07, 6.45) is 4.04. The molecule has 1 aliphatic heterocycles. The first-order valence-electron chi connectivity index (χ1n) is 3.66. The molecule has 1 aromatic carbocycles. The summed E-state index contributed by atoms with van der Waals surface area (Å²) in [4.78, 5) is 0. The van der Waals surface area contributed by atoms with Gasteiger partial charge >= 0.3 is 0 Å². The molecule has 0 saturated carbocycles. The van der Waals surface area contributed by atoms with Crippen molar-refractivity contribution in [1.29, 1.82) is 0 Å². The average molecular weight is 273 g/mol. The van der Waals surface area contributed by atoms with Gasteiger partial charge in [-0.15, -0.1) is 0 Å². The number of nitrogen functional groups attached to an aromatic ring is 1. The Labute approximate surface area is 84.5 Å². The smallest absolute Gasteiger partial charge is 0.128 e. The van der Waals surface area contributed by atoms with Crippen LogP contribution in [0.2, 0.25) is 0 Å². The van der Waals surface area contributed by atoms with E-state index in [0.29, 0.717) is 6.61 Å². The second-order valence-electron chi connectivity index (χ2n) is 2.59. The van der Waals surface area contributed by atoms with Gasteiger partial charge < -0.3 is 10.5 Å². The van der Waals surface area contributed by atoms with E-state index in [4.69, 9.17) is 10.5 Å². The topological polar surface area (TPSA) is 35.2 Å². The molecule has 2 nitrogen and oxygen atoms in total. The number of hydrogen-bond acceptors (Lipinski definition) is 2. The Kier molecular flexibility index (Phi) is 1.96. The van der Waals surface area contributed by atoms with Crippen molar-refractivity contribution in [2.24, 2.45) is 0 Å². The van der Waals surface area contributed by atoms with Crippen molar-refractivity contribution in [2.75, 3.05) is 12.3 Å². The highest BCUT2D eigenvalue weighted by atomic mass is 127. The number of halogens is 1. The molecule has 0 bridgehead atoms. The van der Waals surface area contributed by atoms with E-state index in [1.807, 2.05) is 18.2 Å². The van der Waals surface area contributed by atoms with Gasteiger partial charge in [-0.2, -0.15) is 0 Å². The van der Waals surface area contributed by atoms with E-state index in [-0.39, 0.29) is 0 Å². The zero-order chi connectivity index (χ0) is 8.55. The zero-order valence-electron chi connectivity index (χ0n) is 6.38. The van der Waals surface area contributed by atoms with Crippen LogP contribution in [0.3, 0.4) is 0 Å². The molecule has 2 N–H and O–H groups in total. The van der Waals surface area contributed by atoms with Gasteiger partial charge in [0.25, 0.3) is 0 Å². The van der Waals surface area contributed by atoms with Crippen LogP contribution in [0.4, 0.5) is 5.69 Å². The number of anilines is 1. The third-order valence-electron chi connectivity index (χ3n) is 1.79. The lowest BCUT2D eigenvalue weighted by molar-refractivity contribution is 0.358. The SMILES string of the molecule is Nc1ccc2c(c1I)C=CCO2. The second kappa shape index (κ2) is 2.97. The monoisotopic (exact) mass is 273 g/mol. The molecule has 0 spiro atoms. The molecule has 0 amide bonds. The second-order valence-corrected chi connectivity index (χ2v) is 3.67.